The van der Waals surface area contributed by atoms with E-state index in [0.29, 0.717) is 25.0 Å². The molecule has 1 fully saturated rings. The predicted molar refractivity (Wildman–Crippen MR) is 116 cm³/mol. The summed E-state index contributed by atoms with van der Waals surface area (Å²) in [6, 6.07) is 5.20. The number of ketones is 1. The average Bonchev–Trinajstić information content (AvgIpc) is 3.28. The summed E-state index contributed by atoms with van der Waals surface area (Å²) >= 11 is 0. The zero-order chi connectivity index (χ0) is 25.1. The molecule has 0 spiro atoms. The lowest BCUT2D eigenvalue weighted by atomic mass is 9.72. The summed E-state index contributed by atoms with van der Waals surface area (Å²) in [7, 11) is -4.82. The van der Waals surface area contributed by atoms with Crippen LogP contribution in [0.25, 0.3) is 0 Å². The second-order valence-electron chi connectivity index (χ2n) is 9.98. The molecule has 1 aromatic rings. The number of allylic oxidation sites excluding steroid dienone is 1. The molecule has 1 saturated heterocycles. The van der Waals surface area contributed by atoms with Gasteiger partial charge < -0.3 is 9.64 Å². The van der Waals surface area contributed by atoms with Crippen molar-refractivity contribution in [2.24, 2.45) is 5.41 Å². The molecule has 2 atom stereocenters. The van der Waals surface area contributed by atoms with E-state index in [-0.39, 0.29) is 25.1 Å². The molecule has 1 amide bonds. The van der Waals surface area contributed by atoms with Gasteiger partial charge in [-0.2, -0.15) is 17.9 Å². The molecule has 1 aromatic carbocycles. The Morgan fingerprint density at radius 2 is 1.79 bits per heavy atom. The Morgan fingerprint density at radius 3 is 2.35 bits per heavy atom. The van der Waals surface area contributed by atoms with Crippen molar-refractivity contribution < 1.29 is 35.9 Å². The van der Waals surface area contributed by atoms with Crippen LogP contribution in [0.3, 0.4) is 0 Å². The third-order valence-electron chi connectivity index (χ3n) is 6.57. The number of carbonyl (C=O) groups is 2. The van der Waals surface area contributed by atoms with Crippen LogP contribution in [0.5, 0.6) is 0 Å². The molecule has 34 heavy (non-hydrogen) atoms. The van der Waals surface area contributed by atoms with E-state index in [0.717, 1.165) is 17.0 Å². The molecule has 0 saturated carbocycles. The normalized spacial score (nSPS) is 27.5. The number of halogens is 3. The summed E-state index contributed by atoms with van der Waals surface area (Å²) in [5.41, 5.74) is -4.58. The molecule has 1 N–H and O–H groups in total. The largest absolute Gasteiger partial charge is 0.421 e. The Balaban J connectivity index is 1.88. The number of aryl methyl sites for hydroxylation is 1. The molecule has 1 aliphatic carbocycles. The lowest BCUT2D eigenvalue weighted by Gasteiger charge is -2.35. The van der Waals surface area contributed by atoms with Crippen LogP contribution in [0.2, 0.25) is 0 Å². The Morgan fingerprint density at radius 1 is 1.15 bits per heavy atom. The fourth-order valence-electron chi connectivity index (χ4n) is 4.95. The molecule has 3 aliphatic rings. The van der Waals surface area contributed by atoms with Crippen molar-refractivity contribution in [1.82, 2.24) is 9.62 Å². The van der Waals surface area contributed by atoms with E-state index in [4.69, 9.17) is 4.74 Å². The van der Waals surface area contributed by atoms with Gasteiger partial charge in [0.2, 0.25) is 15.6 Å². The third-order valence-corrected chi connectivity index (χ3v) is 8.04. The maximum atomic E-state index is 14.8. The third kappa shape index (κ3) is 4.07. The highest BCUT2D eigenvalue weighted by Crippen LogP contribution is 2.52. The van der Waals surface area contributed by atoms with Crippen molar-refractivity contribution in [2.75, 3.05) is 13.2 Å². The van der Waals surface area contributed by atoms with Gasteiger partial charge in [0, 0.05) is 18.7 Å². The van der Waals surface area contributed by atoms with Crippen LogP contribution in [-0.2, 0) is 24.3 Å². The Hall–Kier alpha value is -2.24. The minimum atomic E-state index is -5.40. The number of hydrogen-bond acceptors (Lipinski definition) is 5. The Kier molecular flexibility index (Phi) is 5.97. The monoisotopic (exact) mass is 500 g/mol. The number of amides is 1. The van der Waals surface area contributed by atoms with Crippen LogP contribution in [0.4, 0.5) is 13.2 Å². The molecule has 2 aliphatic heterocycles. The van der Waals surface area contributed by atoms with Gasteiger partial charge in [0.05, 0.1) is 23.1 Å². The van der Waals surface area contributed by atoms with Crippen molar-refractivity contribution in [3.8, 4) is 0 Å². The van der Waals surface area contributed by atoms with Gasteiger partial charge in [-0.25, -0.2) is 8.42 Å². The summed E-state index contributed by atoms with van der Waals surface area (Å²) in [5, 5.41) is 0. The summed E-state index contributed by atoms with van der Waals surface area (Å²) in [4.78, 5) is 27.2. The highest BCUT2D eigenvalue weighted by atomic mass is 32.2. The number of ether oxygens (including phenoxy) is 1. The fraction of sp³-hybridized carbons (Fsp3) is 0.565. The predicted octanol–water partition coefficient (Wildman–Crippen LogP) is 3.24. The van der Waals surface area contributed by atoms with E-state index >= 15 is 0 Å². The first-order valence-corrected chi connectivity index (χ1v) is 12.5. The van der Waals surface area contributed by atoms with E-state index in [1.165, 1.54) is 12.1 Å². The molecule has 11 heteroatoms. The number of rotatable bonds is 5. The van der Waals surface area contributed by atoms with E-state index in [1.54, 1.807) is 25.5 Å². The number of carbonyl (C=O) groups excluding carboxylic acids is 2. The van der Waals surface area contributed by atoms with Gasteiger partial charge in [-0.1, -0.05) is 31.5 Å². The first-order valence-electron chi connectivity index (χ1n) is 11.1. The van der Waals surface area contributed by atoms with Crippen LogP contribution in [0, 0.1) is 12.3 Å². The van der Waals surface area contributed by atoms with E-state index in [9.17, 15) is 31.2 Å². The smallest absolute Gasteiger partial charge is 0.376 e. The quantitative estimate of drug-likeness (QED) is 0.670. The molecule has 0 radical (unpaired) electrons. The standard InChI is InChI=1S/C23H27F3N2O5S/c1-14-6-8-16(9-7-14)34(31,32)27-22(23(24,25)26)19-17(11-21(2,3)12-18(19)29)28(20(22)30)13-15-5-4-10-33-15/h6-9,15,27H,4-5,10-13H2,1-3H3/t15-,22+/m0/s1. The summed E-state index contributed by atoms with van der Waals surface area (Å²) in [5.74, 6) is -2.40. The summed E-state index contributed by atoms with van der Waals surface area (Å²) in [6.45, 7) is 5.41. The second kappa shape index (κ2) is 8.17. The van der Waals surface area contributed by atoms with Crippen LogP contribution in [0.1, 0.15) is 45.1 Å². The van der Waals surface area contributed by atoms with E-state index in [2.05, 4.69) is 0 Å². The SMILES string of the molecule is Cc1ccc(S(=O)(=O)N[C@@]2(C(F)(F)F)C(=O)N(C[C@@H]3CCCO3)C3=C2C(=O)CC(C)(C)C3)cc1. The van der Waals surface area contributed by atoms with E-state index in [1.807, 2.05) is 0 Å². The van der Waals surface area contributed by atoms with Crippen molar-refractivity contribution in [2.45, 2.75) is 69.2 Å². The lowest BCUT2D eigenvalue weighted by Crippen LogP contribution is -2.66. The zero-order valence-electron chi connectivity index (χ0n) is 19.2. The van der Waals surface area contributed by atoms with Gasteiger partial charge in [-0.05, 0) is 43.7 Å². The molecule has 4 rings (SSSR count). The Labute approximate surface area is 196 Å². The van der Waals surface area contributed by atoms with Crippen molar-refractivity contribution in [3.63, 3.8) is 0 Å². The van der Waals surface area contributed by atoms with Crippen molar-refractivity contribution in [3.05, 3.63) is 41.1 Å². The second-order valence-corrected chi connectivity index (χ2v) is 11.7. The van der Waals surface area contributed by atoms with E-state index < -0.39 is 55.4 Å². The highest BCUT2D eigenvalue weighted by molar-refractivity contribution is 7.89. The first kappa shape index (κ1) is 24.9. The van der Waals surface area contributed by atoms with Gasteiger partial charge in [0.15, 0.2) is 5.78 Å². The number of hydrogen-bond donors (Lipinski definition) is 1. The highest BCUT2D eigenvalue weighted by Gasteiger charge is 2.72. The van der Waals surface area contributed by atoms with Crippen LogP contribution in [-0.4, -0.2) is 56.0 Å². The van der Waals surface area contributed by atoms with Gasteiger partial charge in [-0.3, -0.25) is 9.59 Å². The maximum absolute atomic E-state index is 14.8. The molecule has 0 unspecified atom stereocenters. The topological polar surface area (TPSA) is 92.8 Å². The fourth-order valence-corrected chi connectivity index (χ4v) is 6.27. The molecule has 0 bridgehead atoms. The molecule has 2 heterocycles. The van der Waals surface area contributed by atoms with Gasteiger partial charge >= 0.3 is 6.18 Å². The number of nitrogens with one attached hydrogen (secondary N) is 1. The number of Topliss-reactive ketones (excluding diaryl/α,β-unsaturated/α-hetero) is 1. The number of benzene rings is 1. The Bertz CT molecular complexity index is 1150. The van der Waals surface area contributed by atoms with Crippen molar-refractivity contribution in [1.29, 1.82) is 0 Å². The summed E-state index contributed by atoms with van der Waals surface area (Å²) in [6.07, 6.45) is -4.85. The first-order chi connectivity index (χ1) is 15.7. The van der Waals surface area contributed by atoms with Crippen LogP contribution in [0.15, 0.2) is 40.4 Å². The van der Waals surface area contributed by atoms with Gasteiger partial charge in [0.25, 0.3) is 5.91 Å². The minimum Gasteiger partial charge on any atom is -0.376 e. The van der Waals surface area contributed by atoms with Gasteiger partial charge in [-0.15, -0.1) is 0 Å². The lowest BCUT2D eigenvalue weighted by molar-refractivity contribution is -0.189. The average molecular weight is 501 g/mol. The molecule has 7 nitrogen and oxygen atoms in total. The molecular formula is C23H27F3N2O5S. The number of alkyl halides is 3. The zero-order valence-corrected chi connectivity index (χ0v) is 20.0. The number of nitrogens with zero attached hydrogens (tertiary/aromatic N) is 1. The minimum absolute atomic E-state index is 0.0244. The number of sulfonamides is 1. The molecule has 186 valence electrons. The molecule has 0 aromatic heterocycles. The van der Waals surface area contributed by atoms with Crippen LogP contribution < -0.4 is 4.72 Å². The molecular weight excluding hydrogens is 473 g/mol. The van der Waals surface area contributed by atoms with Crippen LogP contribution >= 0.6 is 0 Å². The van der Waals surface area contributed by atoms with Gasteiger partial charge in [0.1, 0.15) is 0 Å². The van der Waals surface area contributed by atoms with Crippen molar-refractivity contribution >= 4 is 21.7 Å². The maximum Gasteiger partial charge on any atom is 0.421 e. The summed E-state index contributed by atoms with van der Waals surface area (Å²) < 4.78 is 77.8.